The van der Waals surface area contributed by atoms with Crippen LogP contribution in [0.4, 0.5) is 0 Å². The average Bonchev–Trinajstić information content (AvgIpc) is 2.40. The van der Waals surface area contributed by atoms with E-state index >= 15 is 0 Å². The first-order chi connectivity index (χ1) is 8.66. The molecule has 0 unspecified atom stereocenters. The maximum atomic E-state index is 12.1. The lowest BCUT2D eigenvalue weighted by Gasteiger charge is -2.36. The van der Waals surface area contributed by atoms with Crippen molar-refractivity contribution in [3.63, 3.8) is 0 Å². The summed E-state index contributed by atoms with van der Waals surface area (Å²) in [7, 11) is 0. The summed E-state index contributed by atoms with van der Waals surface area (Å²) in [5.41, 5.74) is 0.823. The van der Waals surface area contributed by atoms with Crippen molar-refractivity contribution in [1.29, 1.82) is 0 Å². The van der Waals surface area contributed by atoms with Crippen LogP contribution in [-0.4, -0.2) is 54.3 Å². The Labute approximate surface area is 109 Å². The fourth-order valence-corrected chi connectivity index (χ4v) is 2.36. The third-order valence-corrected chi connectivity index (χ3v) is 3.60. The first kappa shape index (κ1) is 13.2. The molecule has 18 heavy (non-hydrogen) atoms. The van der Waals surface area contributed by atoms with Crippen LogP contribution in [0.5, 0.6) is 0 Å². The van der Waals surface area contributed by atoms with E-state index in [9.17, 15) is 4.79 Å². The largest absolute Gasteiger partial charge is 0.298 e. The summed E-state index contributed by atoms with van der Waals surface area (Å²) in [4.78, 5) is 16.8. The van der Waals surface area contributed by atoms with Gasteiger partial charge in [-0.1, -0.05) is 30.3 Å². The fraction of sp³-hybridized carbons (Fsp3) is 0.533. The molecule has 0 aromatic heterocycles. The molecule has 1 aromatic rings. The van der Waals surface area contributed by atoms with Gasteiger partial charge in [-0.05, 0) is 13.8 Å². The summed E-state index contributed by atoms with van der Waals surface area (Å²) in [6.07, 6.45) is 0. The van der Waals surface area contributed by atoms with E-state index in [2.05, 4.69) is 23.6 Å². The van der Waals surface area contributed by atoms with Crippen molar-refractivity contribution in [1.82, 2.24) is 9.80 Å². The highest BCUT2D eigenvalue weighted by atomic mass is 16.1. The molecule has 0 aliphatic carbocycles. The smallest absolute Gasteiger partial charge is 0.176 e. The molecular formula is C15H22N2O. The van der Waals surface area contributed by atoms with E-state index in [0.717, 1.165) is 31.7 Å². The van der Waals surface area contributed by atoms with Gasteiger partial charge in [0, 0.05) is 37.8 Å². The van der Waals surface area contributed by atoms with E-state index in [1.54, 1.807) is 0 Å². The van der Waals surface area contributed by atoms with Gasteiger partial charge in [-0.15, -0.1) is 0 Å². The van der Waals surface area contributed by atoms with Gasteiger partial charge in [-0.25, -0.2) is 0 Å². The first-order valence-electron chi connectivity index (χ1n) is 6.71. The van der Waals surface area contributed by atoms with Crippen molar-refractivity contribution in [2.45, 2.75) is 19.9 Å². The maximum absolute atomic E-state index is 12.1. The molecule has 0 saturated carbocycles. The molecule has 0 spiro atoms. The number of Topliss-reactive ketones (excluding diaryl/α,β-unsaturated/α-hetero) is 1. The highest BCUT2D eigenvalue weighted by molar-refractivity contribution is 5.97. The highest BCUT2D eigenvalue weighted by Crippen LogP contribution is 2.07. The van der Waals surface area contributed by atoms with E-state index in [-0.39, 0.29) is 5.78 Å². The second kappa shape index (κ2) is 6.12. The summed E-state index contributed by atoms with van der Waals surface area (Å²) in [5.74, 6) is 0.230. The number of benzene rings is 1. The minimum atomic E-state index is 0.230. The van der Waals surface area contributed by atoms with E-state index < -0.39 is 0 Å². The Morgan fingerprint density at radius 1 is 1.11 bits per heavy atom. The Morgan fingerprint density at radius 2 is 1.72 bits per heavy atom. The Hall–Kier alpha value is -1.19. The molecule has 2 rings (SSSR count). The molecule has 0 radical (unpaired) electrons. The third kappa shape index (κ3) is 3.40. The van der Waals surface area contributed by atoms with Crippen molar-refractivity contribution >= 4 is 5.78 Å². The van der Waals surface area contributed by atoms with E-state index in [1.807, 2.05) is 30.3 Å². The first-order valence-corrected chi connectivity index (χ1v) is 6.71. The van der Waals surface area contributed by atoms with Crippen LogP contribution in [0.15, 0.2) is 30.3 Å². The molecule has 1 aromatic carbocycles. The van der Waals surface area contributed by atoms with Gasteiger partial charge in [0.05, 0.1) is 6.54 Å². The zero-order valence-corrected chi connectivity index (χ0v) is 11.3. The van der Waals surface area contributed by atoms with Crippen LogP contribution >= 0.6 is 0 Å². The zero-order chi connectivity index (χ0) is 13.0. The van der Waals surface area contributed by atoms with Gasteiger partial charge in [0.1, 0.15) is 0 Å². The number of nitrogens with zero attached hydrogens (tertiary/aromatic N) is 2. The van der Waals surface area contributed by atoms with E-state index in [1.165, 1.54) is 0 Å². The van der Waals surface area contributed by atoms with Crippen LogP contribution in [-0.2, 0) is 0 Å². The van der Waals surface area contributed by atoms with Crippen molar-refractivity contribution in [2.24, 2.45) is 0 Å². The van der Waals surface area contributed by atoms with Crippen LogP contribution in [0, 0.1) is 0 Å². The Balaban J connectivity index is 1.83. The number of ketones is 1. The molecule has 3 heteroatoms. The molecule has 0 bridgehead atoms. The van der Waals surface area contributed by atoms with Gasteiger partial charge in [-0.2, -0.15) is 0 Å². The Morgan fingerprint density at radius 3 is 2.28 bits per heavy atom. The maximum Gasteiger partial charge on any atom is 0.176 e. The summed E-state index contributed by atoms with van der Waals surface area (Å²) < 4.78 is 0. The van der Waals surface area contributed by atoms with Crippen LogP contribution in [0.25, 0.3) is 0 Å². The number of piperazine rings is 1. The molecule has 1 saturated heterocycles. The SMILES string of the molecule is CC(C)N1CCN(CC(=O)c2ccccc2)CC1. The van der Waals surface area contributed by atoms with Crippen LogP contribution in [0.1, 0.15) is 24.2 Å². The van der Waals surface area contributed by atoms with Crippen molar-refractivity contribution < 1.29 is 4.79 Å². The summed E-state index contributed by atoms with van der Waals surface area (Å²) in [5, 5.41) is 0. The molecule has 0 N–H and O–H groups in total. The molecule has 3 nitrogen and oxygen atoms in total. The monoisotopic (exact) mass is 246 g/mol. The summed E-state index contributed by atoms with van der Waals surface area (Å²) in [6, 6.07) is 10.2. The Bertz CT molecular complexity index is 381. The van der Waals surface area contributed by atoms with Gasteiger partial charge < -0.3 is 0 Å². The lowest BCUT2D eigenvalue weighted by molar-refractivity contribution is 0.0807. The van der Waals surface area contributed by atoms with Crippen molar-refractivity contribution in [3.05, 3.63) is 35.9 Å². The van der Waals surface area contributed by atoms with Gasteiger partial charge >= 0.3 is 0 Å². The topological polar surface area (TPSA) is 23.6 Å². The number of hydrogen-bond acceptors (Lipinski definition) is 3. The van der Waals surface area contributed by atoms with E-state index in [4.69, 9.17) is 0 Å². The van der Waals surface area contributed by atoms with Crippen LogP contribution < -0.4 is 0 Å². The lowest BCUT2D eigenvalue weighted by atomic mass is 10.1. The quantitative estimate of drug-likeness (QED) is 0.758. The summed E-state index contributed by atoms with van der Waals surface area (Å²) >= 11 is 0. The number of rotatable bonds is 4. The second-order valence-electron chi connectivity index (χ2n) is 5.20. The lowest BCUT2D eigenvalue weighted by Crippen LogP contribution is -2.50. The number of carbonyl (C=O) groups excluding carboxylic acids is 1. The van der Waals surface area contributed by atoms with Gasteiger partial charge in [0.25, 0.3) is 0 Å². The molecule has 1 aliphatic rings. The fourth-order valence-electron chi connectivity index (χ4n) is 2.36. The van der Waals surface area contributed by atoms with Crippen molar-refractivity contribution in [3.8, 4) is 0 Å². The predicted octanol–water partition coefficient (Wildman–Crippen LogP) is 1.90. The van der Waals surface area contributed by atoms with Gasteiger partial charge in [0.2, 0.25) is 0 Å². The molecule has 0 amide bonds. The normalized spacial score (nSPS) is 18.2. The van der Waals surface area contributed by atoms with Crippen LogP contribution in [0.3, 0.4) is 0 Å². The minimum Gasteiger partial charge on any atom is -0.298 e. The average molecular weight is 246 g/mol. The van der Waals surface area contributed by atoms with Crippen molar-refractivity contribution in [2.75, 3.05) is 32.7 Å². The molecular weight excluding hydrogens is 224 g/mol. The predicted molar refractivity (Wildman–Crippen MR) is 73.9 cm³/mol. The van der Waals surface area contributed by atoms with Gasteiger partial charge in [-0.3, -0.25) is 14.6 Å². The summed E-state index contributed by atoms with van der Waals surface area (Å²) in [6.45, 7) is 9.14. The molecule has 1 aliphatic heterocycles. The number of hydrogen-bond donors (Lipinski definition) is 0. The van der Waals surface area contributed by atoms with E-state index in [0.29, 0.717) is 12.6 Å². The molecule has 0 atom stereocenters. The second-order valence-corrected chi connectivity index (χ2v) is 5.20. The third-order valence-electron chi connectivity index (χ3n) is 3.60. The molecule has 1 heterocycles. The Kier molecular flexibility index (Phi) is 4.50. The van der Waals surface area contributed by atoms with Gasteiger partial charge in [0.15, 0.2) is 5.78 Å². The molecule has 1 fully saturated rings. The number of carbonyl (C=O) groups is 1. The van der Waals surface area contributed by atoms with Crippen LogP contribution in [0.2, 0.25) is 0 Å². The minimum absolute atomic E-state index is 0.230. The molecule has 98 valence electrons. The highest BCUT2D eigenvalue weighted by Gasteiger charge is 2.20. The standard InChI is InChI=1S/C15H22N2O/c1-13(2)17-10-8-16(9-11-17)12-15(18)14-6-4-3-5-7-14/h3-7,13H,8-12H2,1-2H3. The zero-order valence-electron chi connectivity index (χ0n) is 11.3.